The number of carbonyl (C=O) groups is 1. The average Bonchev–Trinajstić information content (AvgIpc) is 3.52. The first-order chi connectivity index (χ1) is 14.5. The second-order valence-electron chi connectivity index (χ2n) is 8.85. The number of carbonyl (C=O) groups excluding carboxylic acids is 1. The Labute approximate surface area is 184 Å². The number of aromatic nitrogens is 3. The summed E-state index contributed by atoms with van der Waals surface area (Å²) in [6.07, 6.45) is 2.44. The monoisotopic (exact) mass is 428 g/mol. The summed E-state index contributed by atoms with van der Waals surface area (Å²) < 4.78 is 2.18. The van der Waals surface area contributed by atoms with E-state index < -0.39 is 0 Å². The maximum absolute atomic E-state index is 12.7. The minimum atomic E-state index is 0.221. The van der Waals surface area contributed by atoms with Gasteiger partial charge in [-0.3, -0.25) is 4.79 Å². The van der Waals surface area contributed by atoms with Crippen LogP contribution < -0.4 is 4.90 Å². The molecule has 2 fully saturated rings. The Bertz CT molecular complexity index is 851. The number of hydrogen-bond acceptors (Lipinski definition) is 4. The summed E-state index contributed by atoms with van der Waals surface area (Å²) in [5.74, 6) is 2.94. The summed E-state index contributed by atoms with van der Waals surface area (Å²) in [6, 6.07) is 9.02. The summed E-state index contributed by atoms with van der Waals surface area (Å²) in [6.45, 7) is 12.2. The lowest BCUT2D eigenvalue weighted by molar-refractivity contribution is -0.917. The molecule has 0 bridgehead atoms. The van der Waals surface area contributed by atoms with Gasteiger partial charge in [-0.1, -0.05) is 49.9 Å². The van der Waals surface area contributed by atoms with E-state index in [0.717, 1.165) is 50.2 Å². The highest BCUT2D eigenvalue weighted by Gasteiger charge is 2.30. The zero-order chi connectivity index (χ0) is 21.1. The fourth-order valence-electron chi connectivity index (χ4n) is 4.12. The van der Waals surface area contributed by atoms with Crippen molar-refractivity contribution in [2.45, 2.75) is 63.7 Å². The highest BCUT2D eigenvalue weighted by atomic mass is 32.2. The van der Waals surface area contributed by atoms with Crippen molar-refractivity contribution in [2.24, 2.45) is 0 Å². The van der Waals surface area contributed by atoms with Crippen LogP contribution in [0.3, 0.4) is 0 Å². The summed E-state index contributed by atoms with van der Waals surface area (Å²) in [5.41, 5.74) is 2.78. The van der Waals surface area contributed by atoms with E-state index in [1.807, 2.05) is 4.90 Å². The number of benzene rings is 1. The van der Waals surface area contributed by atoms with Crippen molar-refractivity contribution in [3.8, 4) is 0 Å². The van der Waals surface area contributed by atoms with E-state index in [-0.39, 0.29) is 5.91 Å². The van der Waals surface area contributed by atoms with Crippen LogP contribution in [0.25, 0.3) is 0 Å². The number of thioether (sulfide) groups is 1. The van der Waals surface area contributed by atoms with Gasteiger partial charge in [0.05, 0.1) is 31.9 Å². The van der Waals surface area contributed by atoms with E-state index in [1.54, 1.807) is 4.90 Å². The van der Waals surface area contributed by atoms with Gasteiger partial charge in [-0.15, -0.1) is 10.2 Å². The lowest BCUT2D eigenvalue weighted by Gasteiger charge is -2.32. The second-order valence-corrected chi connectivity index (χ2v) is 9.79. The number of nitrogens with zero attached hydrogens (tertiary/aromatic N) is 4. The molecule has 1 aromatic heterocycles. The Morgan fingerprint density at radius 3 is 2.47 bits per heavy atom. The number of nitrogens with one attached hydrogen (secondary N) is 1. The van der Waals surface area contributed by atoms with Crippen molar-refractivity contribution in [3.63, 3.8) is 0 Å². The Balaban J connectivity index is 1.23. The zero-order valence-corrected chi connectivity index (χ0v) is 19.2. The molecule has 0 radical (unpaired) electrons. The number of amides is 1. The lowest BCUT2D eigenvalue weighted by atomic mass is 10.0. The van der Waals surface area contributed by atoms with Gasteiger partial charge in [-0.05, 0) is 31.2 Å². The third-order valence-corrected chi connectivity index (χ3v) is 7.20. The van der Waals surface area contributed by atoms with E-state index >= 15 is 0 Å². The van der Waals surface area contributed by atoms with Crippen LogP contribution in [0.2, 0.25) is 0 Å². The predicted octanol–water partition coefficient (Wildman–Crippen LogP) is 2.32. The topological polar surface area (TPSA) is 55.5 Å². The quantitative estimate of drug-likeness (QED) is 0.656. The van der Waals surface area contributed by atoms with Gasteiger partial charge in [0, 0.05) is 18.0 Å². The summed E-state index contributed by atoms with van der Waals surface area (Å²) in [5, 5.41) is 9.60. The highest BCUT2D eigenvalue weighted by molar-refractivity contribution is 7.99. The van der Waals surface area contributed by atoms with Crippen molar-refractivity contribution >= 4 is 17.7 Å². The van der Waals surface area contributed by atoms with E-state index in [0.29, 0.717) is 17.6 Å². The van der Waals surface area contributed by atoms with Crippen LogP contribution in [-0.2, 0) is 17.9 Å². The summed E-state index contributed by atoms with van der Waals surface area (Å²) in [4.78, 5) is 16.3. The molecule has 0 spiro atoms. The van der Waals surface area contributed by atoms with E-state index in [9.17, 15) is 4.79 Å². The van der Waals surface area contributed by atoms with Crippen molar-refractivity contribution in [3.05, 3.63) is 41.2 Å². The molecule has 2 aromatic rings. The molecule has 1 N–H and O–H groups in total. The molecular formula is C23H34N5OS+. The fourth-order valence-corrected chi connectivity index (χ4v) is 5.04. The first kappa shape index (κ1) is 21.4. The number of piperazine rings is 1. The molecule has 2 aliphatic rings. The molecule has 1 saturated heterocycles. The molecule has 30 heavy (non-hydrogen) atoms. The van der Waals surface area contributed by atoms with Crippen molar-refractivity contribution < 1.29 is 9.69 Å². The van der Waals surface area contributed by atoms with Crippen LogP contribution in [0.4, 0.5) is 0 Å². The van der Waals surface area contributed by atoms with Gasteiger partial charge < -0.3 is 14.4 Å². The third-order valence-electron chi connectivity index (χ3n) is 6.25. The van der Waals surface area contributed by atoms with Gasteiger partial charge in [-0.25, -0.2) is 0 Å². The average molecular weight is 429 g/mol. The van der Waals surface area contributed by atoms with E-state index in [1.165, 1.54) is 35.7 Å². The van der Waals surface area contributed by atoms with Gasteiger partial charge in [0.25, 0.3) is 0 Å². The van der Waals surface area contributed by atoms with Crippen molar-refractivity contribution in [2.75, 3.05) is 31.9 Å². The van der Waals surface area contributed by atoms with Gasteiger partial charge in [0.2, 0.25) is 5.91 Å². The molecule has 1 aliphatic heterocycles. The summed E-state index contributed by atoms with van der Waals surface area (Å²) in [7, 11) is 0. The number of rotatable bonds is 8. The maximum Gasteiger partial charge on any atom is 0.233 e. The molecule has 0 atom stereocenters. The smallest absolute Gasteiger partial charge is 0.233 e. The van der Waals surface area contributed by atoms with Gasteiger partial charge in [-0.2, -0.15) is 0 Å². The molecule has 162 valence electrons. The van der Waals surface area contributed by atoms with Crippen LogP contribution >= 0.6 is 11.8 Å². The molecule has 4 rings (SSSR count). The molecule has 1 aliphatic carbocycles. The zero-order valence-electron chi connectivity index (χ0n) is 18.4. The highest BCUT2D eigenvalue weighted by Crippen LogP contribution is 2.39. The van der Waals surface area contributed by atoms with Gasteiger partial charge in [0.15, 0.2) is 5.16 Å². The van der Waals surface area contributed by atoms with E-state index in [4.69, 9.17) is 0 Å². The van der Waals surface area contributed by atoms with Gasteiger partial charge >= 0.3 is 0 Å². The van der Waals surface area contributed by atoms with Crippen LogP contribution in [-0.4, -0.2) is 57.5 Å². The van der Waals surface area contributed by atoms with Crippen LogP contribution in [0.1, 0.15) is 62.4 Å². The Hall–Kier alpha value is -1.86. The molecule has 1 amide bonds. The van der Waals surface area contributed by atoms with E-state index in [2.05, 4.69) is 59.8 Å². The molecule has 2 heterocycles. The number of quaternary nitrogens is 1. The molecule has 1 aromatic carbocycles. The van der Waals surface area contributed by atoms with Crippen molar-refractivity contribution in [1.29, 1.82) is 0 Å². The van der Waals surface area contributed by atoms with Gasteiger partial charge in [0.1, 0.15) is 12.4 Å². The SMILES string of the molecule is CCn1c(SCC(=O)N2CC[NH+](Cc3ccc(C(C)C)cc3)CC2)nnc1C1CC1. The maximum atomic E-state index is 12.7. The first-order valence-electron chi connectivity index (χ1n) is 11.3. The van der Waals surface area contributed by atoms with Crippen LogP contribution in [0.15, 0.2) is 29.4 Å². The van der Waals surface area contributed by atoms with Crippen LogP contribution in [0.5, 0.6) is 0 Å². The molecule has 0 unspecified atom stereocenters. The molecule has 1 saturated carbocycles. The fraction of sp³-hybridized carbons (Fsp3) is 0.609. The summed E-state index contributed by atoms with van der Waals surface area (Å²) >= 11 is 1.54. The lowest BCUT2D eigenvalue weighted by Crippen LogP contribution is -3.13. The minimum Gasteiger partial charge on any atom is -0.331 e. The minimum absolute atomic E-state index is 0.221. The molecule has 6 nitrogen and oxygen atoms in total. The Morgan fingerprint density at radius 2 is 1.87 bits per heavy atom. The van der Waals surface area contributed by atoms with Crippen molar-refractivity contribution in [1.82, 2.24) is 19.7 Å². The molecule has 7 heteroatoms. The second kappa shape index (κ2) is 9.52. The molecular weight excluding hydrogens is 394 g/mol. The largest absolute Gasteiger partial charge is 0.331 e. The first-order valence-corrected chi connectivity index (χ1v) is 12.3. The number of hydrogen-bond donors (Lipinski definition) is 1. The van der Waals surface area contributed by atoms with Crippen LogP contribution in [0, 0.1) is 0 Å². The Morgan fingerprint density at radius 1 is 1.17 bits per heavy atom. The normalized spacial score (nSPS) is 17.7. The Kier molecular flexibility index (Phi) is 6.78. The standard InChI is InChI=1S/C23H33N5OS/c1-4-28-22(20-9-10-20)24-25-23(28)30-16-21(29)27-13-11-26(12-14-27)15-18-5-7-19(8-6-18)17(2)3/h5-8,17,20H,4,9-16H2,1-3H3/p+1. The predicted molar refractivity (Wildman–Crippen MR) is 120 cm³/mol. The third kappa shape index (κ3) is 5.06.